The van der Waals surface area contributed by atoms with Gasteiger partial charge in [-0.15, -0.1) is 11.3 Å². The fraction of sp³-hybridized carbons (Fsp3) is 0.133. The zero-order valence-electron chi connectivity index (χ0n) is 11.3. The summed E-state index contributed by atoms with van der Waals surface area (Å²) in [6.07, 6.45) is 3.64. The van der Waals surface area contributed by atoms with Crippen LogP contribution in [0, 0.1) is 13.8 Å². The Bertz CT molecular complexity index is 719. The molecule has 0 radical (unpaired) electrons. The molecule has 0 fully saturated rings. The van der Waals surface area contributed by atoms with Crippen molar-refractivity contribution in [3.8, 4) is 11.4 Å². The predicted molar refractivity (Wildman–Crippen MR) is 82.3 cm³/mol. The Hall–Kier alpha value is -2.27. The number of pyridine rings is 2. The second kappa shape index (κ2) is 5.38. The average Bonchev–Trinajstić information content (AvgIpc) is 2.88. The van der Waals surface area contributed by atoms with Gasteiger partial charge in [0.1, 0.15) is 11.5 Å². The number of nitrogens with one attached hydrogen (secondary N) is 1. The van der Waals surface area contributed by atoms with Crippen LogP contribution < -0.4 is 5.32 Å². The van der Waals surface area contributed by atoms with Gasteiger partial charge < -0.3 is 5.32 Å². The van der Waals surface area contributed by atoms with Gasteiger partial charge in [0.2, 0.25) is 0 Å². The van der Waals surface area contributed by atoms with E-state index < -0.39 is 0 Å². The monoisotopic (exact) mass is 282 g/mol. The van der Waals surface area contributed by atoms with Crippen LogP contribution in [0.2, 0.25) is 0 Å². The molecular weight excluding hydrogens is 268 g/mol. The molecule has 0 unspecified atom stereocenters. The lowest BCUT2D eigenvalue weighted by Gasteiger charge is -2.01. The van der Waals surface area contributed by atoms with Gasteiger partial charge in [-0.25, -0.2) is 9.97 Å². The molecule has 0 aliphatic rings. The van der Waals surface area contributed by atoms with Gasteiger partial charge in [0.25, 0.3) is 0 Å². The summed E-state index contributed by atoms with van der Waals surface area (Å²) in [5.74, 6) is 0.808. The van der Waals surface area contributed by atoms with Crippen LogP contribution >= 0.6 is 11.3 Å². The second-order valence-electron chi connectivity index (χ2n) is 4.60. The molecule has 20 heavy (non-hydrogen) atoms. The minimum absolute atomic E-state index is 0.808. The number of aryl methyl sites for hydroxylation is 2. The zero-order valence-corrected chi connectivity index (χ0v) is 12.1. The molecule has 5 heteroatoms. The summed E-state index contributed by atoms with van der Waals surface area (Å²) in [5.41, 5.74) is 4.08. The van der Waals surface area contributed by atoms with Crippen LogP contribution in [0.15, 0.2) is 42.0 Å². The van der Waals surface area contributed by atoms with Crippen molar-refractivity contribution in [2.45, 2.75) is 13.8 Å². The fourth-order valence-electron chi connectivity index (χ4n) is 1.78. The van der Waals surface area contributed by atoms with Gasteiger partial charge in [-0.1, -0.05) is 6.07 Å². The Morgan fingerprint density at radius 3 is 2.65 bits per heavy atom. The smallest absolute Gasteiger partial charge is 0.188 e. The number of aromatic nitrogens is 3. The summed E-state index contributed by atoms with van der Waals surface area (Å²) in [7, 11) is 0. The number of thiazole rings is 1. The normalized spacial score (nSPS) is 10.5. The molecule has 1 N–H and O–H groups in total. The molecular formula is C15H14N4S. The maximum absolute atomic E-state index is 4.54. The van der Waals surface area contributed by atoms with Crippen molar-refractivity contribution in [3.05, 3.63) is 53.2 Å². The Kier molecular flexibility index (Phi) is 3.43. The summed E-state index contributed by atoms with van der Waals surface area (Å²) < 4.78 is 0. The minimum atomic E-state index is 0.808. The lowest BCUT2D eigenvalue weighted by molar-refractivity contribution is 1.23. The Morgan fingerprint density at radius 2 is 1.90 bits per heavy atom. The van der Waals surface area contributed by atoms with Gasteiger partial charge in [-0.05, 0) is 43.2 Å². The third-order valence-corrected chi connectivity index (χ3v) is 3.59. The highest BCUT2D eigenvalue weighted by molar-refractivity contribution is 7.14. The third-order valence-electron chi connectivity index (χ3n) is 2.83. The number of rotatable bonds is 3. The van der Waals surface area contributed by atoms with Gasteiger partial charge in [0.05, 0.1) is 5.69 Å². The van der Waals surface area contributed by atoms with E-state index in [1.165, 1.54) is 5.56 Å². The first kappa shape index (κ1) is 12.7. The Labute approximate surface area is 121 Å². The summed E-state index contributed by atoms with van der Waals surface area (Å²) >= 11 is 1.55. The molecule has 0 spiro atoms. The van der Waals surface area contributed by atoms with Crippen molar-refractivity contribution in [2.24, 2.45) is 0 Å². The number of anilines is 2. The van der Waals surface area contributed by atoms with Crippen LogP contribution in [0.3, 0.4) is 0 Å². The topological polar surface area (TPSA) is 50.7 Å². The average molecular weight is 282 g/mol. The van der Waals surface area contributed by atoms with E-state index in [2.05, 4.69) is 20.3 Å². The van der Waals surface area contributed by atoms with Crippen LogP contribution in [0.1, 0.15) is 11.1 Å². The first-order valence-corrected chi connectivity index (χ1v) is 7.17. The highest BCUT2D eigenvalue weighted by Gasteiger charge is 2.06. The molecule has 0 bridgehead atoms. The molecule has 3 rings (SSSR count). The molecule has 0 saturated heterocycles. The molecule has 100 valence electrons. The Balaban J connectivity index is 1.82. The van der Waals surface area contributed by atoms with Crippen molar-refractivity contribution < 1.29 is 0 Å². The molecule has 0 aliphatic carbocycles. The second-order valence-corrected chi connectivity index (χ2v) is 5.46. The molecule has 3 heterocycles. The summed E-state index contributed by atoms with van der Waals surface area (Å²) in [6.45, 7) is 4.06. The summed E-state index contributed by atoms with van der Waals surface area (Å²) in [5, 5.41) is 6.03. The van der Waals surface area contributed by atoms with E-state index in [0.29, 0.717) is 0 Å². The molecule has 0 aromatic carbocycles. The van der Waals surface area contributed by atoms with Gasteiger partial charge in [0, 0.05) is 17.8 Å². The van der Waals surface area contributed by atoms with Crippen molar-refractivity contribution in [1.29, 1.82) is 0 Å². The SMILES string of the molecule is Cc1ccc(-c2csc(Nc3cc(C)ccn3)n2)nc1. The highest BCUT2D eigenvalue weighted by atomic mass is 32.1. The molecule has 0 atom stereocenters. The maximum atomic E-state index is 4.54. The van der Waals surface area contributed by atoms with Gasteiger partial charge in [0.15, 0.2) is 5.13 Å². The first-order valence-electron chi connectivity index (χ1n) is 6.29. The molecule has 3 aromatic rings. The molecule has 0 aliphatic heterocycles. The fourth-order valence-corrected chi connectivity index (χ4v) is 2.49. The quantitative estimate of drug-likeness (QED) is 0.790. The summed E-state index contributed by atoms with van der Waals surface area (Å²) in [6, 6.07) is 7.98. The minimum Gasteiger partial charge on any atom is -0.316 e. The highest BCUT2D eigenvalue weighted by Crippen LogP contribution is 2.25. The molecule has 3 aromatic heterocycles. The van der Waals surface area contributed by atoms with E-state index in [1.807, 2.05) is 49.7 Å². The van der Waals surface area contributed by atoms with E-state index in [-0.39, 0.29) is 0 Å². The Morgan fingerprint density at radius 1 is 1.00 bits per heavy atom. The van der Waals surface area contributed by atoms with E-state index in [9.17, 15) is 0 Å². The van der Waals surface area contributed by atoms with Crippen molar-refractivity contribution in [3.63, 3.8) is 0 Å². The third kappa shape index (κ3) is 2.83. The predicted octanol–water partition coefficient (Wildman–Crippen LogP) is 3.96. The standard InChI is InChI=1S/C15H14N4S/c1-10-5-6-16-14(7-10)19-15-18-13(9-20-15)12-4-3-11(2)8-17-12/h3-9H,1-2H3,(H,16,18,19). The molecule has 0 amide bonds. The van der Waals surface area contributed by atoms with Gasteiger partial charge in [-0.3, -0.25) is 4.98 Å². The summed E-state index contributed by atoms with van der Waals surface area (Å²) in [4.78, 5) is 13.2. The van der Waals surface area contributed by atoms with E-state index in [4.69, 9.17) is 0 Å². The van der Waals surface area contributed by atoms with Gasteiger partial charge >= 0.3 is 0 Å². The number of nitrogens with zero attached hydrogens (tertiary/aromatic N) is 3. The largest absolute Gasteiger partial charge is 0.316 e. The van der Waals surface area contributed by atoms with Crippen LogP contribution in [0.4, 0.5) is 10.9 Å². The molecule has 4 nitrogen and oxygen atoms in total. The lowest BCUT2D eigenvalue weighted by Crippen LogP contribution is -1.93. The first-order chi connectivity index (χ1) is 9.70. The molecule has 0 saturated carbocycles. The van der Waals surface area contributed by atoms with Crippen molar-refractivity contribution in [2.75, 3.05) is 5.32 Å². The zero-order chi connectivity index (χ0) is 13.9. The van der Waals surface area contributed by atoms with E-state index >= 15 is 0 Å². The maximum Gasteiger partial charge on any atom is 0.188 e. The van der Waals surface area contributed by atoms with Crippen molar-refractivity contribution in [1.82, 2.24) is 15.0 Å². The van der Waals surface area contributed by atoms with E-state index in [1.54, 1.807) is 17.5 Å². The van der Waals surface area contributed by atoms with Crippen LogP contribution in [0.25, 0.3) is 11.4 Å². The number of hydrogen-bond acceptors (Lipinski definition) is 5. The van der Waals surface area contributed by atoms with Crippen LogP contribution in [0.5, 0.6) is 0 Å². The van der Waals surface area contributed by atoms with E-state index in [0.717, 1.165) is 27.9 Å². The lowest BCUT2D eigenvalue weighted by atomic mass is 10.2. The van der Waals surface area contributed by atoms with Crippen molar-refractivity contribution >= 4 is 22.3 Å². The van der Waals surface area contributed by atoms with Gasteiger partial charge in [-0.2, -0.15) is 0 Å². The van der Waals surface area contributed by atoms with Crippen LogP contribution in [-0.4, -0.2) is 15.0 Å². The van der Waals surface area contributed by atoms with Crippen LogP contribution in [-0.2, 0) is 0 Å². The number of hydrogen-bond donors (Lipinski definition) is 1.